The summed E-state index contributed by atoms with van der Waals surface area (Å²) in [6.07, 6.45) is 15.3. The van der Waals surface area contributed by atoms with Gasteiger partial charge in [0, 0.05) is 19.5 Å². The van der Waals surface area contributed by atoms with Crippen LogP contribution in [0.3, 0.4) is 0 Å². The predicted molar refractivity (Wildman–Crippen MR) is 145 cm³/mol. The maximum Gasteiger partial charge on any atom is 0.222 e. The Balaban J connectivity index is 1.19. The zero-order valence-electron chi connectivity index (χ0n) is 24.0. The molecule has 9 atom stereocenters. The maximum atomic E-state index is 13.0. The molecule has 0 bridgehead atoms. The first-order chi connectivity index (χ1) is 16.9. The van der Waals surface area contributed by atoms with E-state index in [0.29, 0.717) is 35.0 Å². The van der Waals surface area contributed by atoms with Crippen molar-refractivity contribution in [2.75, 3.05) is 13.1 Å². The number of aliphatic hydroxyl groups is 2. The molecule has 4 nitrogen and oxygen atoms in total. The highest BCUT2D eigenvalue weighted by atomic mass is 16.3. The number of hydrogen-bond acceptors (Lipinski definition) is 3. The number of carbonyl (C=O) groups excluding carboxylic acids is 1. The third-order valence-corrected chi connectivity index (χ3v) is 13.2. The van der Waals surface area contributed by atoms with Crippen molar-refractivity contribution in [1.29, 1.82) is 0 Å². The van der Waals surface area contributed by atoms with E-state index in [0.717, 1.165) is 75.3 Å². The number of likely N-dealkylation sites (tertiary alicyclic amines) is 1. The van der Waals surface area contributed by atoms with Crippen LogP contribution in [-0.2, 0) is 4.79 Å². The minimum Gasteiger partial charge on any atom is -0.390 e. The van der Waals surface area contributed by atoms with Gasteiger partial charge in [0.2, 0.25) is 5.91 Å². The van der Waals surface area contributed by atoms with Gasteiger partial charge in [-0.2, -0.15) is 0 Å². The lowest BCUT2D eigenvalue weighted by atomic mass is 9.43. The van der Waals surface area contributed by atoms with Crippen molar-refractivity contribution in [1.82, 2.24) is 4.90 Å². The number of carbonyl (C=O) groups is 1. The summed E-state index contributed by atoms with van der Waals surface area (Å²) in [6.45, 7) is 13.2. The Bertz CT molecular complexity index is 816. The minimum absolute atomic E-state index is 0.308. The van der Waals surface area contributed by atoms with Crippen molar-refractivity contribution in [2.45, 2.75) is 136 Å². The Kier molecular flexibility index (Phi) is 7.15. The van der Waals surface area contributed by atoms with Gasteiger partial charge in [0.15, 0.2) is 0 Å². The lowest BCUT2D eigenvalue weighted by Gasteiger charge is -2.62. The first-order valence-corrected chi connectivity index (χ1v) is 15.6. The van der Waals surface area contributed by atoms with E-state index < -0.39 is 11.2 Å². The van der Waals surface area contributed by atoms with Crippen LogP contribution in [-0.4, -0.2) is 45.3 Å². The van der Waals surface area contributed by atoms with Crippen LogP contribution in [0.2, 0.25) is 0 Å². The number of fused-ring (bicyclic) bond motifs is 5. The van der Waals surface area contributed by atoms with E-state index in [1.165, 1.54) is 44.9 Å². The SMILES string of the molecule is CCC1(O)CCN(C(=O)CC[C@@H](C)[C@H]2CC[C@H]3[C@@H]4CC[C@H]5C[C@@](C)(O)CC[C@]5(C)[C@H]4CC[C@]23C)CC1. The van der Waals surface area contributed by atoms with Crippen LogP contribution < -0.4 is 0 Å². The van der Waals surface area contributed by atoms with Crippen molar-refractivity contribution in [3.05, 3.63) is 0 Å². The Morgan fingerprint density at radius 1 is 0.889 bits per heavy atom. The normalized spacial score (nSPS) is 47.0. The summed E-state index contributed by atoms with van der Waals surface area (Å²) >= 11 is 0. The van der Waals surface area contributed by atoms with Crippen LogP contribution in [0.5, 0.6) is 0 Å². The lowest BCUT2D eigenvalue weighted by molar-refractivity contribution is -0.148. The molecule has 0 unspecified atom stereocenters. The smallest absolute Gasteiger partial charge is 0.222 e. The molecular formula is C32H55NO3. The van der Waals surface area contributed by atoms with Gasteiger partial charge in [-0.1, -0.05) is 27.7 Å². The first kappa shape index (κ1) is 27.0. The zero-order chi connectivity index (χ0) is 25.9. The van der Waals surface area contributed by atoms with E-state index in [4.69, 9.17) is 0 Å². The van der Waals surface area contributed by atoms with Crippen molar-refractivity contribution < 1.29 is 15.0 Å². The number of amides is 1. The molecule has 0 radical (unpaired) electrons. The fourth-order valence-corrected chi connectivity index (χ4v) is 10.6. The van der Waals surface area contributed by atoms with Gasteiger partial charge in [0.1, 0.15) is 0 Å². The molecule has 0 aromatic carbocycles. The minimum atomic E-state index is -0.554. The zero-order valence-corrected chi connectivity index (χ0v) is 24.0. The van der Waals surface area contributed by atoms with Crippen LogP contribution in [0.1, 0.15) is 125 Å². The molecule has 1 amide bonds. The number of hydrogen-bond donors (Lipinski definition) is 2. The summed E-state index contributed by atoms with van der Waals surface area (Å²) in [6, 6.07) is 0. The fourth-order valence-electron chi connectivity index (χ4n) is 10.6. The Morgan fingerprint density at radius 3 is 2.28 bits per heavy atom. The molecule has 0 spiro atoms. The van der Waals surface area contributed by atoms with Gasteiger partial charge >= 0.3 is 0 Å². The summed E-state index contributed by atoms with van der Waals surface area (Å²) in [7, 11) is 0. The van der Waals surface area contributed by atoms with Gasteiger partial charge < -0.3 is 15.1 Å². The second-order valence-corrected chi connectivity index (χ2v) is 15.1. The molecule has 1 heterocycles. The molecule has 5 fully saturated rings. The Morgan fingerprint density at radius 2 is 1.58 bits per heavy atom. The van der Waals surface area contributed by atoms with Crippen molar-refractivity contribution in [3.63, 3.8) is 0 Å². The summed E-state index contributed by atoms with van der Waals surface area (Å²) in [4.78, 5) is 15.0. The molecule has 0 aromatic rings. The number of rotatable bonds is 5. The first-order valence-electron chi connectivity index (χ1n) is 15.6. The Hall–Kier alpha value is -0.610. The van der Waals surface area contributed by atoms with Crippen LogP contribution in [0.4, 0.5) is 0 Å². The topological polar surface area (TPSA) is 60.8 Å². The third kappa shape index (κ3) is 4.59. The molecule has 4 aliphatic carbocycles. The second kappa shape index (κ2) is 9.54. The van der Waals surface area contributed by atoms with E-state index in [1.54, 1.807) is 0 Å². The standard InChI is InChI=1S/C32H55NO3/c1-6-32(36)17-19-33(20-18-32)28(34)12-7-22(2)25-10-11-26-24-9-8-23-21-29(3,35)15-16-30(23,4)27(24)13-14-31(25,26)5/h22-27,35-36H,6-21H2,1-5H3/t22-,23+,24+,25-,26+,27+,29+,30+,31-/m1/s1. The molecule has 5 rings (SSSR count). The maximum absolute atomic E-state index is 13.0. The second-order valence-electron chi connectivity index (χ2n) is 15.1. The lowest BCUT2D eigenvalue weighted by Crippen LogP contribution is -2.55. The van der Waals surface area contributed by atoms with Gasteiger partial charge in [0.05, 0.1) is 11.2 Å². The molecular weight excluding hydrogens is 446 g/mol. The monoisotopic (exact) mass is 501 g/mol. The molecule has 1 aliphatic heterocycles. The average Bonchev–Trinajstić information content (AvgIpc) is 3.20. The molecule has 206 valence electrons. The molecule has 0 aromatic heterocycles. The van der Waals surface area contributed by atoms with E-state index in [-0.39, 0.29) is 0 Å². The highest BCUT2D eigenvalue weighted by Crippen LogP contribution is 2.68. The Labute approximate surface area is 221 Å². The van der Waals surface area contributed by atoms with Crippen LogP contribution >= 0.6 is 0 Å². The summed E-state index contributed by atoms with van der Waals surface area (Å²) in [5.41, 5.74) is -0.129. The average molecular weight is 502 g/mol. The van der Waals surface area contributed by atoms with E-state index in [1.807, 2.05) is 11.8 Å². The predicted octanol–water partition coefficient (Wildman–Crippen LogP) is 6.58. The van der Waals surface area contributed by atoms with Gasteiger partial charge in [-0.25, -0.2) is 0 Å². The van der Waals surface area contributed by atoms with Crippen LogP contribution in [0, 0.1) is 46.3 Å². The fraction of sp³-hybridized carbons (Fsp3) is 0.969. The molecule has 4 saturated carbocycles. The van der Waals surface area contributed by atoms with Gasteiger partial charge in [-0.15, -0.1) is 0 Å². The molecule has 5 aliphatic rings. The highest BCUT2D eigenvalue weighted by Gasteiger charge is 2.61. The number of piperidine rings is 1. The number of nitrogens with zero attached hydrogens (tertiary/aromatic N) is 1. The van der Waals surface area contributed by atoms with Crippen LogP contribution in [0.15, 0.2) is 0 Å². The van der Waals surface area contributed by atoms with Crippen molar-refractivity contribution in [2.24, 2.45) is 46.3 Å². The molecule has 4 heteroatoms. The van der Waals surface area contributed by atoms with E-state index in [9.17, 15) is 15.0 Å². The third-order valence-electron chi connectivity index (χ3n) is 13.2. The van der Waals surface area contributed by atoms with Gasteiger partial charge in [-0.05, 0) is 137 Å². The summed E-state index contributed by atoms with van der Waals surface area (Å²) < 4.78 is 0. The molecule has 1 saturated heterocycles. The van der Waals surface area contributed by atoms with Crippen molar-refractivity contribution >= 4 is 5.91 Å². The largest absolute Gasteiger partial charge is 0.390 e. The van der Waals surface area contributed by atoms with Crippen LogP contribution in [0.25, 0.3) is 0 Å². The van der Waals surface area contributed by atoms with Gasteiger partial charge in [-0.3, -0.25) is 4.79 Å². The molecule has 36 heavy (non-hydrogen) atoms. The van der Waals surface area contributed by atoms with Crippen molar-refractivity contribution in [3.8, 4) is 0 Å². The van der Waals surface area contributed by atoms with E-state index >= 15 is 0 Å². The quantitative estimate of drug-likeness (QED) is 0.447. The highest BCUT2D eigenvalue weighted by molar-refractivity contribution is 5.76. The van der Waals surface area contributed by atoms with Gasteiger partial charge in [0.25, 0.3) is 0 Å². The summed E-state index contributed by atoms with van der Waals surface area (Å²) in [5, 5.41) is 21.3. The van der Waals surface area contributed by atoms with E-state index in [2.05, 4.69) is 27.7 Å². The summed E-state index contributed by atoms with van der Waals surface area (Å²) in [5.74, 6) is 4.95. The molecule has 2 N–H and O–H groups in total.